The summed E-state index contributed by atoms with van der Waals surface area (Å²) in [6, 6.07) is 9.56. The summed E-state index contributed by atoms with van der Waals surface area (Å²) in [7, 11) is 1.86. The Morgan fingerprint density at radius 2 is 2.00 bits per heavy atom. The lowest BCUT2D eigenvalue weighted by Crippen LogP contribution is -2.33. The van der Waals surface area contributed by atoms with Crippen LogP contribution >= 0.6 is 11.8 Å². The van der Waals surface area contributed by atoms with Crippen molar-refractivity contribution in [2.24, 2.45) is 7.05 Å². The van der Waals surface area contributed by atoms with Crippen molar-refractivity contribution in [2.75, 3.05) is 6.61 Å². The molecule has 1 aliphatic rings. The molecule has 0 atom stereocenters. The molecular formula is C18H22N6O2S. The Hall–Kier alpha value is -2.39. The second kappa shape index (κ2) is 7.32. The molecule has 1 fully saturated rings. The Kier molecular flexibility index (Phi) is 4.88. The standard InChI is InChI=1S/C18H22N6O2S/c1-4-26-14-10-15(11-14)27-18-19-20-21-23(18)16-12(2)22(3)24(17(16)25)13-8-6-5-7-9-13/h5-9,14-15H,4,10-11H2,1-3H3. The molecule has 0 aliphatic heterocycles. The molecule has 2 heterocycles. The van der Waals surface area contributed by atoms with Crippen molar-refractivity contribution in [2.45, 2.75) is 43.2 Å². The molecule has 27 heavy (non-hydrogen) atoms. The molecule has 142 valence electrons. The van der Waals surface area contributed by atoms with Gasteiger partial charge in [0.05, 0.1) is 17.5 Å². The summed E-state index contributed by atoms with van der Waals surface area (Å²) in [6.45, 7) is 4.65. The van der Waals surface area contributed by atoms with Gasteiger partial charge < -0.3 is 4.74 Å². The van der Waals surface area contributed by atoms with Crippen molar-refractivity contribution in [3.05, 3.63) is 46.4 Å². The van der Waals surface area contributed by atoms with Crippen LogP contribution in [0.3, 0.4) is 0 Å². The van der Waals surface area contributed by atoms with Crippen molar-refractivity contribution in [3.8, 4) is 11.4 Å². The molecule has 0 saturated heterocycles. The average molecular weight is 386 g/mol. The fraction of sp³-hybridized carbons (Fsp3) is 0.444. The van der Waals surface area contributed by atoms with Crippen molar-refractivity contribution in [3.63, 3.8) is 0 Å². The summed E-state index contributed by atoms with van der Waals surface area (Å²) in [5.74, 6) is 0. The van der Waals surface area contributed by atoms with E-state index in [1.54, 1.807) is 21.1 Å². The molecule has 8 nitrogen and oxygen atoms in total. The number of aromatic nitrogens is 6. The largest absolute Gasteiger partial charge is 0.378 e. The highest BCUT2D eigenvalue weighted by Gasteiger charge is 2.32. The number of para-hydroxylation sites is 1. The highest BCUT2D eigenvalue weighted by molar-refractivity contribution is 7.99. The number of hydrogen-bond acceptors (Lipinski definition) is 6. The third-order valence-corrected chi connectivity index (χ3v) is 6.09. The smallest absolute Gasteiger partial charge is 0.297 e. The van der Waals surface area contributed by atoms with Gasteiger partial charge in [-0.25, -0.2) is 4.68 Å². The SMILES string of the molecule is CCOC1CC(Sc2nnnn2-c2c(C)n(C)n(-c3ccccc3)c2=O)C1. The molecule has 1 aromatic carbocycles. The number of rotatable bonds is 6. The molecule has 0 radical (unpaired) electrons. The molecule has 0 N–H and O–H groups in total. The molecule has 3 aromatic rings. The van der Waals surface area contributed by atoms with Crippen LogP contribution in [0.15, 0.2) is 40.3 Å². The minimum Gasteiger partial charge on any atom is -0.378 e. The van der Waals surface area contributed by atoms with Crippen molar-refractivity contribution < 1.29 is 4.74 Å². The minimum atomic E-state index is -0.142. The predicted molar refractivity (Wildman–Crippen MR) is 103 cm³/mol. The summed E-state index contributed by atoms with van der Waals surface area (Å²) in [6.07, 6.45) is 2.28. The average Bonchev–Trinajstić information content (AvgIpc) is 3.17. The van der Waals surface area contributed by atoms with E-state index >= 15 is 0 Å². The first-order valence-electron chi connectivity index (χ1n) is 9.01. The van der Waals surface area contributed by atoms with Crippen LogP contribution in [-0.2, 0) is 11.8 Å². The molecule has 1 saturated carbocycles. The summed E-state index contributed by atoms with van der Waals surface area (Å²) in [5.41, 5.74) is 1.95. The van der Waals surface area contributed by atoms with E-state index in [1.807, 2.05) is 55.9 Å². The van der Waals surface area contributed by atoms with Crippen LogP contribution < -0.4 is 5.56 Å². The van der Waals surface area contributed by atoms with Gasteiger partial charge in [-0.1, -0.05) is 30.0 Å². The number of hydrogen-bond donors (Lipinski definition) is 0. The van der Waals surface area contributed by atoms with E-state index in [9.17, 15) is 4.79 Å². The third kappa shape index (κ3) is 3.21. The van der Waals surface area contributed by atoms with E-state index in [0.29, 0.717) is 22.2 Å². The van der Waals surface area contributed by atoms with E-state index in [1.165, 1.54) is 0 Å². The Morgan fingerprint density at radius 1 is 1.26 bits per heavy atom. The second-order valence-electron chi connectivity index (χ2n) is 6.57. The maximum Gasteiger partial charge on any atom is 0.297 e. The fourth-order valence-corrected chi connectivity index (χ4v) is 4.56. The van der Waals surface area contributed by atoms with E-state index in [2.05, 4.69) is 15.5 Å². The van der Waals surface area contributed by atoms with Crippen LogP contribution in [0.5, 0.6) is 0 Å². The molecule has 0 unspecified atom stereocenters. The van der Waals surface area contributed by atoms with Gasteiger partial charge in [0.1, 0.15) is 0 Å². The maximum atomic E-state index is 13.2. The first-order valence-corrected chi connectivity index (χ1v) is 9.89. The summed E-state index contributed by atoms with van der Waals surface area (Å²) < 4.78 is 10.7. The first-order chi connectivity index (χ1) is 13.1. The van der Waals surface area contributed by atoms with Gasteiger partial charge in [-0.05, 0) is 49.2 Å². The molecule has 4 rings (SSSR count). The lowest BCUT2D eigenvalue weighted by Gasteiger charge is -2.33. The topological polar surface area (TPSA) is 79.8 Å². The quantitative estimate of drug-likeness (QED) is 0.646. The molecule has 0 spiro atoms. The third-order valence-electron chi connectivity index (χ3n) is 4.90. The van der Waals surface area contributed by atoms with Gasteiger partial charge in [-0.15, -0.1) is 5.10 Å². The normalized spacial score (nSPS) is 19.2. The van der Waals surface area contributed by atoms with Gasteiger partial charge in [0.2, 0.25) is 5.16 Å². The zero-order chi connectivity index (χ0) is 19.0. The Morgan fingerprint density at radius 3 is 2.70 bits per heavy atom. The zero-order valence-corrected chi connectivity index (χ0v) is 16.4. The van der Waals surface area contributed by atoms with E-state index < -0.39 is 0 Å². The molecule has 9 heteroatoms. The van der Waals surface area contributed by atoms with Crippen molar-refractivity contribution in [1.82, 2.24) is 29.6 Å². The van der Waals surface area contributed by atoms with Crippen molar-refractivity contribution >= 4 is 11.8 Å². The Bertz CT molecular complexity index is 987. The monoisotopic (exact) mass is 386 g/mol. The number of benzene rings is 1. The second-order valence-corrected chi connectivity index (χ2v) is 7.84. The molecule has 0 amide bonds. The lowest BCUT2D eigenvalue weighted by molar-refractivity contribution is 0.0138. The van der Waals surface area contributed by atoms with Gasteiger partial charge in [0.25, 0.3) is 5.56 Å². The molecule has 0 bridgehead atoms. The van der Waals surface area contributed by atoms with E-state index in [0.717, 1.165) is 30.8 Å². The first kappa shape index (κ1) is 18.0. The van der Waals surface area contributed by atoms with E-state index in [4.69, 9.17) is 4.74 Å². The van der Waals surface area contributed by atoms with Crippen LogP contribution in [0.4, 0.5) is 0 Å². The Balaban J connectivity index is 1.66. The van der Waals surface area contributed by atoms with E-state index in [-0.39, 0.29) is 5.56 Å². The Labute approximate surface area is 161 Å². The maximum absolute atomic E-state index is 13.2. The molecule has 2 aromatic heterocycles. The van der Waals surface area contributed by atoms with Gasteiger partial charge >= 0.3 is 0 Å². The van der Waals surface area contributed by atoms with Gasteiger partial charge in [0, 0.05) is 18.9 Å². The lowest BCUT2D eigenvalue weighted by atomic mass is 9.95. The molecular weight excluding hydrogens is 364 g/mol. The van der Waals surface area contributed by atoms with Crippen LogP contribution in [0.2, 0.25) is 0 Å². The fourth-order valence-electron chi connectivity index (χ4n) is 3.33. The summed E-state index contributed by atoms with van der Waals surface area (Å²) in [4.78, 5) is 13.2. The van der Waals surface area contributed by atoms with Crippen LogP contribution in [0.1, 0.15) is 25.5 Å². The summed E-state index contributed by atoms with van der Waals surface area (Å²) in [5, 5.41) is 13.1. The van der Waals surface area contributed by atoms with Crippen molar-refractivity contribution in [1.29, 1.82) is 0 Å². The van der Waals surface area contributed by atoms with Gasteiger partial charge in [0.15, 0.2) is 5.69 Å². The van der Waals surface area contributed by atoms with Gasteiger partial charge in [-0.3, -0.25) is 9.48 Å². The van der Waals surface area contributed by atoms with Crippen LogP contribution in [-0.4, -0.2) is 47.5 Å². The summed E-state index contributed by atoms with van der Waals surface area (Å²) >= 11 is 1.61. The number of tetrazole rings is 1. The van der Waals surface area contributed by atoms with Crippen LogP contribution in [0.25, 0.3) is 11.4 Å². The number of nitrogens with zero attached hydrogens (tertiary/aromatic N) is 6. The minimum absolute atomic E-state index is 0.142. The highest BCUT2D eigenvalue weighted by atomic mass is 32.2. The van der Waals surface area contributed by atoms with Gasteiger partial charge in [-0.2, -0.15) is 4.68 Å². The highest BCUT2D eigenvalue weighted by Crippen LogP contribution is 2.37. The number of thioether (sulfide) groups is 1. The zero-order valence-electron chi connectivity index (χ0n) is 15.6. The predicted octanol–water partition coefficient (Wildman–Crippen LogP) is 2.12. The van der Waals surface area contributed by atoms with Crippen LogP contribution in [0, 0.1) is 6.92 Å². The molecule has 1 aliphatic carbocycles. The number of ether oxygens (including phenoxy) is 1.